The van der Waals surface area contributed by atoms with E-state index >= 15 is 0 Å². The average Bonchev–Trinajstić information content (AvgIpc) is 3.25. The molecule has 0 saturated carbocycles. The minimum atomic E-state index is -0.426. The summed E-state index contributed by atoms with van der Waals surface area (Å²) in [6, 6.07) is 17.5. The number of rotatable bonds is 7. The topological polar surface area (TPSA) is 82.4 Å². The molecule has 0 radical (unpaired) electrons. The van der Waals surface area contributed by atoms with Gasteiger partial charge in [0.15, 0.2) is 0 Å². The number of carbonyl (C=O) groups is 1. The number of morpholine rings is 1. The maximum atomic E-state index is 13.3. The summed E-state index contributed by atoms with van der Waals surface area (Å²) >= 11 is 1.37. The second kappa shape index (κ2) is 9.73. The number of tetrazole rings is 1. The average molecular weight is 426 g/mol. The van der Waals surface area contributed by atoms with Gasteiger partial charge in [-0.2, -0.15) is 0 Å². The Bertz CT molecular complexity index is 958. The maximum absolute atomic E-state index is 13.3. The standard InChI is InChI=1S/C21H23N5O3S/c1-28-18-9-7-16(8-10-18)15-26-21(22-23-24-26)30-19(17-5-3-2-4-6-17)20(27)25-11-13-29-14-12-25/h2-10,19H,11-15H2,1H3. The number of hydrogen-bond acceptors (Lipinski definition) is 7. The van der Waals surface area contributed by atoms with Crippen LogP contribution in [0.3, 0.4) is 0 Å². The predicted molar refractivity (Wildman–Crippen MR) is 112 cm³/mol. The summed E-state index contributed by atoms with van der Waals surface area (Å²) in [6.07, 6.45) is 0. The van der Waals surface area contributed by atoms with Crippen LogP contribution < -0.4 is 4.74 Å². The van der Waals surface area contributed by atoms with E-state index in [2.05, 4.69) is 15.5 Å². The van der Waals surface area contributed by atoms with Crippen LogP contribution >= 0.6 is 11.8 Å². The molecule has 2 aromatic carbocycles. The van der Waals surface area contributed by atoms with Crippen molar-refractivity contribution in [2.24, 2.45) is 0 Å². The number of methoxy groups -OCH3 is 1. The molecule has 8 nitrogen and oxygen atoms in total. The highest BCUT2D eigenvalue weighted by Gasteiger charge is 2.30. The van der Waals surface area contributed by atoms with Crippen LogP contribution in [0.15, 0.2) is 59.8 Å². The largest absolute Gasteiger partial charge is 0.497 e. The molecule has 1 fully saturated rings. The Morgan fingerprint density at radius 3 is 2.57 bits per heavy atom. The lowest BCUT2D eigenvalue weighted by Gasteiger charge is -2.30. The number of ether oxygens (including phenoxy) is 2. The number of thioether (sulfide) groups is 1. The van der Waals surface area contributed by atoms with Gasteiger partial charge in [0.25, 0.3) is 0 Å². The third kappa shape index (κ3) is 4.80. The minimum absolute atomic E-state index is 0.0495. The monoisotopic (exact) mass is 425 g/mol. The molecule has 2 heterocycles. The molecule has 0 spiro atoms. The van der Waals surface area contributed by atoms with Crippen LogP contribution in [0, 0.1) is 0 Å². The molecule has 0 N–H and O–H groups in total. The van der Waals surface area contributed by atoms with Gasteiger partial charge in [0.05, 0.1) is 26.9 Å². The van der Waals surface area contributed by atoms with Crippen LogP contribution in [-0.4, -0.2) is 64.4 Å². The van der Waals surface area contributed by atoms with Gasteiger partial charge in [-0.25, -0.2) is 4.68 Å². The van der Waals surface area contributed by atoms with E-state index < -0.39 is 5.25 Å². The van der Waals surface area contributed by atoms with Gasteiger partial charge in [0.1, 0.15) is 11.0 Å². The molecule has 0 bridgehead atoms. The van der Waals surface area contributed by atoms with E-state index in [0.29, 0.717) is 38.0 Å². The first-order chi connectivity index (χ1) is 14.7. The van der Waals surface area contributed by atoms with E-state index in [-0.39, 0.29) is 5.91 Å². The lowest BCUT2D eigenvalue weighted by atomic mass is 10.1. The van der Waals surface area contributed by atoms with E-state index in [1.165, 1.54) is 11.8 Å². The van der Waals surface area contributed by atoms with Gasteiger partial charge in [-0.15, -0.1) is 5.10 Å². The zero-order valence-corrected chi connectivity index (χ0v) is 17.5. The van der Waals surface area contributed by atoms with Crippen LogP contribution in [0.1, 0.15) is 16.4 Å². The molecular weight excluding hydrogens is 402 g/mol. The molecule has 1 aliphatic rings. The summed E-state index contributed by atoms with van der Waals surface area (Å²) in [7, 11) is 1.64. The minimum Gasteiger partial charge on any atom is -0.497 e. The second-order valence-electron chi connectivity index (χ2n) is 6.81. The van der Waals surface area contributed by atoms with Crippen molar-refractivity contribution in [3.8, 4) is 5.75 Å². The van der Waals surface area contributed by atoms with E-state index in [0.717, 1.165) is 16.9 Å². The zero-order chi connectivity index (χ0) is 20.8. The number of amides is 1. The van der Waals surface area contributed by atoms with E-state index in [9.17, 15) is 4.79 Å². The quantitative estimate of drug-likeness (QED) is 0.538. The van der Waals surface area contributed by atoms with Gasteiger partial charge in [0.2, 0.25) is 11.1 Å². The predicted octanol–water partition coefficient (Wildman–Crippen LogP) is 2.42. The molecule has 30 heavy (non-hydrogen) atoms. The molecule has 1 unspecified atom stereocenters. The van der Waals surface area contributed by atoms with Crippen LogP contribution in [0.4, 0.5) is 0 Å². The molecule has 156 valence electrons. The van der Waals surface area contributed by atoms with Gasteiger partial charge >= 0.3 is 0 Å². The molecule has 9 heteroatoms. The third-order valence-electron chi connectivity index (χ3n) is 4.86. The van der Waals surface area contributed by atoms with E-state index in [1.807, 2.05) is 59.5 Å². The van der Waals surface area contributed by atoms with Crippen LogP contribution in [0.25, 0.3) is 0 Å². The summed E-state index contributed by atoms with van der Waals surface area (Å²) < 4.78 is 12.3. The molecule has 1 aromatic heterocycles. The number of benzene rings is 2. The molecule has 4 rings (SSSR count). The van der Waals surface area contributed by atoms with Crippen molar-refractivity contribution in [1.29, 1.82) is 0 Å². The first-order valence-electron chi connectivity index (χ1n) is 9.72. The van der Waals surface area contributed by atoms with Gasteiger partial charge in [0, 0.05) is 13.1 Å². The molecule has 1 saturated heterocycles. The Labute approximate surface area is 179 Å². The SMILES string of the molecule is COc1ccc(Cn2nnnc2SC(C(=O)N2CCOCC2)c2ccccc2)cc1. The fourth-order valence-electron chi connectivity index (χ4n) is 3.23. The maximum Gasteiger partial charge on any atom is 0.240 e. The van der Waals surface area contributed by atoms with Crippen molar-refractivity contribution in [1.82, 2.24) is 25.1 Å². The molecule has 1 amide bonds. The van der Waals surface area contributed by atoms with E-state index in [1.54, 1.807) is 11.8 Å². The Morgan fingerprint density at radius 1 is 1.13 bits per heavy atom. The summed E-state index contributed by atoms with van der Waals surface area (Å²) in [6.45, 7) is 2.83. The first-order valence-corrected chi connectivity index (χ1v) is 10.6. The number of aromatic nitrogens is 4. The van der Waals surface area contributed by atoms with Crippen LogP contribution in [-0.2, 0) is 16.1 Å². The Morgan fingerprint density at radius 2 is 1.87 bits per heavy atom. The smallest absolute Gasteiger partial charge is 0.240 e. The van der Waals surface area contributed by atoms with Crippen molar-refractivity contribution < 1.29 is 14.3 Å². The second-order valence-corrected chi connectivity index (χ2v) is 7.89. The molecule has 0 aliphatic carbocycles. The van der Waals surface area contributed by atoms with Crippen molar-refractivity contribution in [2.75, 3.05) is 33.4 Å². The van der Waals surface area contributed by atoms with Crippen molar-refractivity contribution in [2.45, 2.75) is 17.0 Å². The highest BCUT2D eigenvalue weighted by atomic mass is 32.2. The summed E-state index contributed by atoms with van der Waals surface area (Å²) in [5.74, 6) is 0.846. The van der Waals surface area contributed by atoms with Crippen molar-refractivity contribution >= 4 is 17.7 Å². The van der Waals surface area contributed by atoms with Gasteiger partial charge < -0.3 is 14.4 Å². The van der Waals surface area contributed by atoms with Crippen molar-refractivity contribution in [3.63, 3.8) is 0 Å². The Balaban J connectivity index is 1.56. The number of hydrogen-bond donors (Lipinski definition) is 0. The number of carbonyl (C=O) groups excluding carboxylic acids is 1. The first kappa shape index (κ1) is 20.4. The molecule has 1 aliphatic heterocycles. The van der Waals surface area contributed by atoms with Crippen LogP contribution in [0.5, 0.6) is 5.75 Å². The van der Waals surface area contributed by atoms with Crippen LogP contribution in [0.2, 0.25) is 0 Å². The fourth-order valence-corrected chi connectivity index (χ4v) is 4.29. The lowest BCUT2D eigenvalue weighted by molar-refractivity contribution is -0.134. The van der Waals surface area contributed by atoms with Gasteiger partial charge in [-0.1, -0.05) is 54.2 Å². The highest BCUT2D eigenvalue weighted by molar-refractivity contribution is 8.00. The fraction of sp³-hybridized carbons (Fsp3) is 0.333. The Hall–Kier alpha value is -2.91. The van der Waals surface area contributed by atoms with Crippen molar-refractivity contribution in [3.05, 3.63) is 65.7 Å². The summed E-state index contributed by atoms with van der Waals surface area (Å²) in [5.41, 5.74) is 1.97. The molecule has 1 atom stereocenters. The summed E-state index contributed by atoms with van der Waals surface area (Å²) in [5, 5.41) is 12.3. The van der Waals surface area contributed by atoms with Gasteiger partial charge in [-0.3, -0.25) is 4.79 Å². The number of nitrogens with zero attached hydrogens (tertiary/aromatic N) is 5. The van der Waals surface area contributed by atoms with E-state index in [4.69, 9.17) is 9.47 Å². The third-order valence-corrected chi connectivity index (χ3v) is 6.08. The van der Waals surface area contributed by atoms with Gasteiger partial charge in [-0.05, 0) is 33.7 Å². The normalized spacial score (nSPS) is 15.0. The zero-order valence-electron chi connectivity index (χ0n) is 16.7. The Kier molecular flexibility index (Phi) is 6.60. The lowest BCUT2D eigenvalue weighted by Crippen LogP contribution is -2.42. The summed E-state index contributed by atoms with van der Waals surface area (Å²) in [4.78, 5) is 15.2. The highest BCUT2D eigenvalue weighted by Crippen LogP contribution is 2.35. The molecular formula is C21H23N5O3S. The molecule has 3 aromatic rings.